The van der Waals surface area contributed by atoms with Gasteiger partial charge in [-0.15, -0.1) is 0 Å². The summed E-state index contributed by atoms with van der Waals surface area (Å²) in [4.78, 5) is 10.5. The zero-order valence-corrected chi connectivity index (χ0v) is 11.4. The Morgan fingerprint density at radius 2 is 2.05 bits per heavy atom. The van der Waals surface area contributed by atoms with Crippen LogP contribution in [0.15, 0.2) is 30.3 Å². The number of thiocarbonyl (C=S) groups is 1. The number of aromatic nitrogens is 2. The third kappa shape index (κ3) is 3.03. The predicted molar refractivity (Wildman–Crippen MR) is 77.1 cm³/mol. The lowest BCUT2D eigenvalue weighted by Gasteiger charge is -2.18. The summed E-state index contributed by atoms with van der Waals surface area (Å²) >= 11 is 4.91. The van der Waals surface area contributed by atoms with Crippen molar-refractivity contribution in [2.45, 2.75) is 6.92 Å². The number of benzene rings is 1. The van der Waals surface area contributed by atoms with Crippen LogP contribution in [0.3, 0.4) is 0 Å². The summed E-state index contributed by atoms with van der Waals surface area (Å²) in [6.07, 6.45) is 0. The molecule has 2 aromatic rings. The van der Waals surface area contributed by atoms with Crippen LogP contribution in [0.4, 0.5) is 16.0 Å². The first-order chi connectivity index (χ1) is 8.97. The monoisotopic (exact) mass is 276 g/mol. The molecule has 0 atom stereocenters. The summed E-state index contributed by atoms with van der Waals surface area (Å²) in [5.74, 6) is 0.111. The van der Waals surface area contributed by atoms with Gasteiger partial charge in [0.05, 0.1) is 0 Å². The lowest BCUT2D eigenvalue weighted by atomic mass is 10.3. The van der Waals surface area contributed by atoms with Gasteiger partial charge in [-0.05, 0) is 31.2 Å². The molecule has 2 N–H and O–H groups in total. The highest BCUT2D eigenvalue weighted by Crippen LogP contribution is 2.21. The van der Waals surface area contributed by atoms with Crippen LogP contribution in [-0.4, -0.2) is 22.0 Å². The summed E-state index contributed by atoms with van der Waals surface area (Å²) in [5, 5.41) is 0. The molecule has 1 heterocycles. The summed E-state index contributed by atoms with van der Waals surface area (Å²) in [6.45, 7) is 1.83. The molecule has 98 valence electrons. The van der Waals surface area contributed by atoms with Gasteiger partial charge in [0.1, 0.15) is 16.5 Å². The molecule has 0 spiro atoms. The fraction of sp³-hybridized carbons (Fsp3) is 0.154. The third-order valence-electron chi connectivity index (χ3n) is 2.59. The molecule has 1 aromatic heterocycles. The van der Waals surface area contributed by atoms with Crippen LogP contribution in [-0.2, 0) is 0 Å². The second-order valence-corrected chi connectivity index (χ2v) is 4.54. The number of rotatable bonds is 3. The lowest BCUT2D eigenvalue weighted by Crippen LogP contribution is -2.18. The van der Waals surface area contributed by atoms with Crippen molar-refractivity contribution in [3.05, 3.63) is 47.5 Å². The number of nitrogens with two attached hydrogens (primary N) is 1. The second-order valence-electron chi connectivity index (χ2n) is 4.10. The van der Waals surface area contributed by atoms with Crippen LogP contribution in [0.1, 0.15) is 11.4 Å². The van der Waals surface area contributed by atoms with Gasteiger partial charge in [0.25, 0.3) is 0 Å². The van der Waals surface area contributed by atoms with Crippen molar-refractivity contribution in [3.63, 3.8) is 0 Å². The van der Waals surface area contributed by atoms with E-state index in [0.717, 1.165) is 5.69 Å². The average molecular weight is 276 g/mol. The summed E-state index contributed by atoms with van der Waals surface area (Å²) in [7, 11) is 1.76. The zero-order valence-electron chi connectivity index (χ0n) is 10.6. The SMILES string of the molecule is Cc1cc(C(N)=S)nc(N(C)c2cccc(F)c2)n1. The normalized spacial score (nSPS) is 10.3. The molecule has 1 aromatic carbocycles. The molecule has 2 rings (SSSR count). The Kier molecular flexibility index (Phi) is 3.71. The Morgan fingerprint density at radius 1 is 1.32 bits per heavy atom. The van der Waals surface area contributed by atoms with E-state index >= 15 is 0 Å². The van der Waals surface area contributed by atoms with Gasteiger partial charge in [-0.1, -0.05) is 18.3 Å². The Hall–Kier alpha value is -2.08. The molecule has 6 heteroatoms. The molecule has 0 amide bonds. The van der Waals surface area contributed by atoms with E-state index in [2.05, 4.69) is 9.97 Å². The van der Waals surface area contributed by atoms with Gasteiger partial charge in [-0.25, -0.2) is 14.4 Å². The number of hydrogen-bond donors (Lipinski definition) is 1. The molecule has 0 aliphatic carbocycles. The van der Waals surface area contributed by atoms with Crippen molar-refractivity contribution in [2.24, 2.45) is 5.73 Å². The van der Waals surface area contributed by atoms with Crippen LogP contribution in [0.2, 0.25) is 0 Å². The molecule has 0 saturated carbocycles. The quantitative estimate of drug-likeness (QED) is 0.872. The van der Waals surface area contributed by atoms with E-state index in [1.54, 1.807) is 30.1 Å². The maximum atomic E-state index is 13.2. The number of hydrogen-bond acceptors (Lipinski definition) is 4. The molecular weight excluding hydrogens is 263 g/mol. The minimum absolute atomic E-state index is 0.208. The van der Waals surface area contributed by atoms with Crippen molar-refractivity contribution in [3.8, 4) is 0 Å². The van der Waals surface area contributed by atoms with Crippen molar-refractivity contribution >= 4 is 28.8 Å². The molecule has 4 nitrogen and oxygen atoms in total. The predicted octanol–water partition coefficient (Wildman–Crippen LogP) is 2.33. The molecule has 0 unspecified atom stereocenters. The Bertz CT molecular complexity index is 630. The van der Waals surface area contributed by atoms with Gasteiger partial charge in [0, 0.05) is 18.4 Å². The highest BCUT2D eigenvalue weighted by molar-refractivity contribution is 7.80. The lowest BCUT2D eigenvalue weighted by molar-refractivity contribution is 0.628. The molecule has 0 bridgehead atoms. The van der Waals surface area contributed by atoms with Crippen molar-refractivity contribution < 1.29 is 4.39 Å². The molecule has 0 aliphatic heterocycles. The van der Waals surface area contributed by atoms with Crippen molar-refractivity contribution in [1.29, 1.82) is 0 Å². The van der Waals surface area contributed by atoms with E-state index in [1.807, 2.05) is 6.92 Å². The number of halogens is 1. The highest BCUT2D eigenvalue weighted by atomic mass is 32.1. The maximum absolute atomic E-state index is 13.2. The first-order valence-corrected chi connectivity index (χ1v) is 6.03. The number of anilines is 2. The summed E-state index contributed by atoms with van der Waals surface area (Å²) in [5.41, 5.74) is 7.48. The number of aryl methyl sites for hydroxylation is 1. The second kappa shape index (κ2) is 5.27. The van der Waals surface area contributed by atoms with Crippen LogP contribution < -0.4 is 10.6 Å². The van der Waals surface area contributed by atoms with Gasteiger partial charge in [0.2, 0.25) is 5.95 Å². The first-order valence-electron chi connectivity index (χ1n) is 5.62. The fourth-order valence-electron chi connectivity index (χ4n) is 1.63. The van der Waals surface area contributed by atoms with Crippen LogP contribution >= 0.6 is 12.2 Å². The van der Waals surface area contributed by atoms with Crippen LogP contribution in [0.25, 0.3) is 0 Å². The topological polar surface area (TPSA) is 55.0 Å². The molecular formula is C13H13FN4S. The van der Waals surface area contributed by atoms with Crippen molar-refractivity contribution in [1.82, 2.24) is 9.97 Å². The average Bonchev–Trinajstić information content (AvgIpc) is 2.37. The fourth-order valence-corrected chi connectivity index (χ4v) is 1.73. The van der Waals surface area contributed by atoms with E-state index in [0.29, 0.717) is 17.3 Å². The van der Waals surface area contributed by atoms with Gasteiger partial charge >= 0.3 is 0 Å². The molecule has 0 aliphatic rings. The highest BCUT2D eigenvalue weighted by Gasteiger charge is 2.11. The number of nitrogens with zero attached hydrogens (tertiary/aromatic N) is 3. The Labute approximate surface area is 116 Å². The van der Waals surface area contributed by atoms with E-state index < -0.39 is 0 Å². The van der Waals surface area contributed by atoms with Crippen molar-refractivity contribution in [2.75, 3.05) is 11.9 Å². The molecule has 0 saturated heterocycles. The minimum Gasteiger partial charge on any atom is -0.388 e. The van der Waals surface area contributed by atoms with Gasteiger partial charge < -0.3 is 10.6 Å². The molecule has 0 fully saturated rings. The standard InChI is InChI=1S/C13H13FN4S/c1-8-6-11(12(15)19)17-13(16-8)18(2)10-5-3-4-9(14)7-10/h3-7H,1-2H3,(H2,15,19). The molecule has 19 heavy (non-hydrogen) atoms. The van der Waals surface area contributed by atoms with Gasteiger partial charge in [-0.2, -0.15) is 0 Å². The Morgan fingerprint density at radius 3 is 2.68 bits per heavy atom. The first kappa shape index (κ1) is 13.4. The third-order valence-corrected chi connectivity index (χ3v) is 2.80. The minimum atomic E-state index is -0.313. The molecule has 0 radical (unpaired) electrons. The van der Waals surface area contributed by atoms with E-state index in [9.17, 15) is 4.39 Å². The van der Waals surface area contributed by atoms with E-state index in [4.69, 9.17) is 18.0 Å². The summed E-state index contributed by atoms with van der Waals surface area (Å²) in [6, 6.07) is 7.91. The zero-order chi connectivity index (χ0) is 14.0. The van der Waals surface area contributed by atoms with Gasteiger partial charge in [-0.3, -0.25) is 0 Å². The van der Waals surface area contributed by atoms with Crippen LogP contribution in [0.5, 0.6) is 0 Å². The maximum Gasteiger partial charge on any atom is 0.230 e. The smallest absolute Gasteiger partial charge is 0.230 e. The van der Waals surface area contributed by atoms with E-state index in [1.165, 1.54) is 12.1 Å². The van der Waals surface area contributed by atoms with E-state index in [-0.39, 0.29) is 10.8 Å². The van der Waals surface area contributed by atoms with Crippen LogP contribution in [0, 0.1) is 12.7 Å². The summed E-state index contributed by atoms with van der Waals surface area (Å²) < 4.78 is 13.2. The Balaban J connectivity index is 2.43. The largest absolute Gasteiger partial charge is 0.388 e. The van der Waals surface area contributed by atoms with Gasteiger partial charge in [0.15, 0.2) is 0 Å².